The molecule has 3 heterocycles. The van der Waals surface area contributed by atoms with E-state index >= 15 is 0 Å². The quantitative estimate of drug-likeness (QED) is 0.369. The largest absolute Gasteiger partial charge is 0.469 e. The molecule has 1 aromatic heterocycles. The zero-order valence-corrected chi connectivity index (χ0v) is 22.6. The molecule has 0 unspecified atom stereocenters. The Labute approximate surface area is 228 Å². The van der Waals surface area contributed by atoms with Gasteiger partial charge in [0.25, 0.3) is 5.91 Å². The predicted molar refractivity (Wildman–Crippen MR) is 144 cm³/mol. The molecule has 0 aliphatic carbocycles. The summed E-state index contributed by atoms with van der Waals surface area (Å²) in [4.78, 5) is 32.8. The van der Waals surface area contributed by atoms with E-state index in [4.69, 9.17) is 12.2 Å². The van der Waals surface area contributed by atoms with Crippen molar-refractivity contribution in [3.05, 3.63) is 39.8 Å². The molecule has 4 rings (SSSR count). The molecule has 0 atom stereocenters. The van der Waals surface area contributed by atoms with Gasteiger partial charge >= 0.3 is 12.1 Å². The first kappa shape index (κ1) is 28.1. The number of piperidine rings is 1. The summed E-state index contributed by atoms with van der Waals surface area (Å²) in [5, 5.41) is 8.81. The lowest BCUT2D eigenvalue weighted by molar-refractivity contribution is -0.140. The van der Waals surface area contributed by atoms with E-state index < -0.39 is 17.6 Å². The van der Waals surface area contributed by atoms with Crippen molar-refractivity contribution in [2.75, 3.05) is 50.1 Å². The summed E-state index contributed by atoms with van der Waals surface area (Å²) < 4.78 is 44.7. The topological polar surface area (TPSA) is 86.8 Å². The van der Waals surface area contributed by atoms with Crippen molar-refractivity contribution < 1.29 is 27.5 Å². The molecule has 0 saturated carbocycles. The number of carbonyl (C=O) groups excluding carboxylic acids is 2. The van der Waals surface area contributed by atoms with Gasteiger partial charge in [-0.1, -0.05) is 0 Å². The number of benzene rings is 1. The van der Waals surface area contributed by atoms with Crippen LogP contribution in [0.5, 0.6) is 0 Å². The second kappa shape index (κ2) is 12.3. The third kappa shape index (κ3) is 6.93. The van der Waals surface area contributed by atoms with E-state index in [1.807, 2.05) is 9.80 Å². The number of thiocarbonyl (C=S) groups is 1. The molecule has 0 radical (unpaired) electrons. The zero-order valence-electron chi connectivity index (χ0n) is 21.0. The third-order valence-corrected chi connectivity index (χ3v) is 8.15. The molecule has 2 saturated heterocycles. The summed E-state index contributed by atoms with van der Waals surface area (Å²) in [7, 11) is 1.34. The summed E-state index contributed by atoms with van der Waals surface area (Å²) in [6.07, 6.45) is -0.782. The molecule has 206 valence electrons. The van der Waals surface area contributed by atoms with Gasteiger partial charge in [-0.3, -0.25) is 9.59 Å². The number of thiazole rings is 1. The van der Waals surface area contributed by atoms with Gasteiger partial charge in [-0.05, 0) is 56.1 Å². The van der Waals surface area contributed by atoms with E-state index in [9.17, 15) is 22.8 Å². The zero-order chi connectivity index (χ0) is 27.3. The molecular formula is C25H30F3N5O3S2. The van der Waals surface area contributed by atoms with Crippen LogP contribution in [0.2, 0.25) is 0 Å². The van der Waals surface area contributed by atoms with E-state index in [1.54, 1.807) is 5.38 Å². The van der Waals surface area contributed by atoms with Crippen molar-refractivity contribution >= 4 is 51.9 Å². The van der Waals surface area contributed by atoms with Crippen molar-refractivity contribution in [3.8, 4) is 0 Å². The standard InChI is InChI=1S/C25H30F3N5O3S2/c1-36-21(34)6-9-29-24(37)33-12-7-16(8-13-33)23-31-19(15-38-23)22(35)30-18-14-17(25(26,27)28)4-5-20(18)32-10-2-3-11-32/h4-5,14-16H,2-3,6-13H2,1H3,(H,29,37)(H,30,35). The van der Waals surface area contributed by atoms with Gasteiger partial charge in [-0.25, -0.2) is 4.98 Å². The number of anilines is 2. The van der Waals surface area contributed by atoms with Gasteiger partial charge in [-0.15, -0.1) is 11.3 Å². The van der Waals surface area contributed by atoms with E-state index in [1.165, 1.54) is 24.5 Å². The van der Waals surface area contributed by atoms with Crippen LogP contribution in [-0.4, -0.2) is 66.7 Å². The summed E-state index contributed by atoms with van der Waals surface area (Å²) in [5.41, 5.74) is 0.113. The Morgan fingerprint density at radius 3 is 2.55 bits per heavy atom. The SMILES string of the molecule is COC(=O)CCNC(=S)N1CCC(c2nc(C(=O)Nc3cc(C(F)(F)F)ccc3N3CCCC3)cs2)CC1. The number of alkyl halides is 3. The minimum absolute atomic E-state index is 0.141. The molecule has 2 fully saturated rings. The van der Waals surface area contributed by atoms with E-state index in [0.29, 0.717) is 30.4 Å². The highest BCUT2D eigenvalue weighted by Gasteiger charge is 2.32. The highest BCUT2D eigenvalue weighted by atomic mass is 32.1. The Kier molecular flexibility index (Phi) is 9.08. The fourth-order valence-corrected chi connectivity index (χ4v) is 5.88. The lowest BCUT2D eigenvalue weighted by atomic mass is 9.98. The van der Waals surface area contributed by atoms with Crippen LogP contribution in [0, 0.1) is 0 Å². The highest BCUT2D eigenvalue weighted by Crippen LogP contribution is 2.37. The summed E-state index contributed by atoms with van der Waals surface area (Å²) in [6, 6.07) is 3.48. The van der Waals surface area contributed by atoms with Gasteiger partial charge < -0.3 is 25.2 Å². The monoisotopic (exact) mass is 569 g/mol. The first-order valence-corrected chi connectivity index (χ1v) is 13.8. The Hall–Kier alpha value is -2.93. The first-order valence-electron chi connectivity index (χ1n) is 12.5. The second-order valence-electron chi connectivity index (χ2n) is 9.27. The van der Waals surface area contributed by atoms with Crippen molar-refractivity contribution in [1.29, 1.82) is 0 Å². The number of methoxy groups -OCH3 is 1. The fraction of sp³-hybridized carbons (Fsp3) is 0.520. The number of aromatic nitrogens is 1. The van der Waals surface area contributed by atoms with Gasteiger partial charge in [0.05, 0.1) is 35.5 Å². The maximum Gasteiger partial charge on any atom is 0.416 e. The Bertz CT molecular complexity index is 1160. The lowest BCUT2D eigenvalue weighted by Gasteiger charge is -2.33. The molecule has 38 heavy (non-hydrogen) atoms. The molecule has 8 nitrogen and oxygen atoms in total. The van der Waals surface area contributed by atoms with Crippen molar-refractivity contribution in [3.63, 3.8) is 0 Å². The number of amides is 1. The average molecular weight is 570 g/mol. The average Bonchev–Trinajstić information content (AvgIpc) is 3.61. The molecule has 1 aromatic carbocycles. The van der Waals surface area contributed by atoms with E-state index in [0.717, 1.165) is 55.9 Å². The number of ether oxygens (including phenoxy) is 1. The summed E-state index contributed by atoms with van der Waals surface area (Å²) >= 11 is 6.80. The van der Waals surface area contributed by atoms with Crippen molar-refractivity contribution in [1.82, 2.24) is 15.2 Å². The smallest absolute Gasteiger partial charge is 0.416 e. The van der Waals surface area contributed by atoms with Gasteiger partial charge in [0.2, 0.25) is 0 Å². The van der Waals surface area contributed by atoms with Crippen molar-refractivity contribution in [2.24, 2.45) is 0 Å². The summed E-state index contributed by atoms with van der Waals surface area (Å²) in [6.45, 7) is 3.29. The second-order valence-corrected chi connectivity index (χ2v) is 10.5. The van der Waals surface area contributed by atoms with Gasteiger partial charge in [0, 0.05) is 44.0 Å². The van der Waals surface area contributed by atoms with Crippen LogP contribution >= 0.6 is 23.6 Å². The van der Waals surface area contributed by atoms with Crippen LogP contribution in [0.1, 0.15) is 59.1 Å². The molecule has 0 bridgehead atoms. The van der Waals surface area contributed by atoms with Crippen LogP contribution < -0.4 is 15.5 Å². The van der Waals surface area contributed by atoms with Gasteiger partial charge in [0.15, 0.2) is 5.11 Å². The maximum absolute atomic E-state index is 13.4. The molecule has 2 N–H and O–H groups in total. The number of hydrogen-bond donors (Lipinski definition) is 2. The van der Waals surface area contributed by atoms with E-state index in [2.05, 4.69) is 20.4 Å². The number of esters is 1. The highest BCUT2D eigenvalue weighted by molar-refractivity contribution is 7.80. The first-order chi connectivity index (χ1) is 18.2. The number of halogens is 3. The molecule has 1 amide bonds. The number of carbonyl (C=O) groups is 2. The normalized spacial score (nSPS) is 16.4. The van der Waals surface area contributed by atoms with E-state index in [-0.39, 0.29) is 29.7 Å². The van der Waals surface area contributed by atoms with Gasteiger partial charge in [0.1, 0.15) is 5.69 Å². The molecule has 2 aromatic rings. The Balaban J connectivity index is 1.37. The number of nitrogens with one attached hydrogen (secondary N) is 2. The van der Waals surface area contributed by atoms with Crippen LogP contribution in [0.3, 0.4) is 0 Å². The molecule has 2 aliphatic rings. The minimum atomic E-state index is -4.51. The minimum Gasteiger partial charge on any atom is -0.469 e. The van der Waals surface area contributed by atoms with Crippen LogP contribution in [0.15, 0.2) is 23.6 Å². The maximum atomic E-state index is 13.4. The number of nitrogens with zero attached hydrogens (tertiary/aromatic N) is 3. The predicted octanol–water partition coefficient (Wildman–Crippen LogP) is 4.63. The Morgan fingerprint density at radius 2 is 1.89 bits per heavy atom. The van der Waals surface area contributed by atoms with Crippen LogP contribution in [0.25, 0.3) is 0 Å². The number of likely N-dealkylation sites (tertiary alicyclic amines) is 1. The molecule has 13 heteroatoms. The number of hydrogen-bond acceptors (Lipinski definition) is 7. The Morgan fingerprint density at radius 1 is 1.18 bits per heavy atom. The summed E-state index contributed by atoms with van der Waals surface area (Å²) in [5.74, 6) is -0.673. The van der Waals surface area contributed by atoms with Crippen molar-refractivity contribution in [2.45, 2.75) is 44.2 Å². The lowest BCUT2D eigenvalue weighted by Crippen LogP contribution is -2.44. The fourth-order valence-electron chi connectivity index (χ4n) is 4.63. The molecule has 2 aliphatic heterocycles. The van der Waals surface area contributed by atoms with Crippen LogP contribution in [-0.2, 0) is 15.7 Å². The third-order valence-electron chi connectivity index (χ3n) is 6.74. The number of rotatable bonds is 7. The van der Waals surface area contributed by atoms with Gasteiger partial charge in [-0.2, -0.15) is 13.2 Å². The molecular weight excluding hydrogens is 539 g/mol. The van der Waals surface area contributed by atoms with Crippen LogP contribution in [0.4, 0.5) is 24.5 Å². The molecule has 0 spiro atoms.